The number of hydrogen-bond acceptors (Lipinski definition) is 6. The van der Waals surface area contributed by atoms with Crippen LogP contribution in [0.4, 0.5) is 5.82 Å². The number of rotatable bonds is 6. The standard InChI is InChI=1S/C19H26N4OS/c1-23-12-4-5-15(13-20-17-10-11-18(25-3)22-21-17)19(23)14-6-8-16(24-2)9-7-14/h6-11,15,19H,4-5,12-13H2,1-3H3,(H,20,21). The maximum atomic E-state index is 5.29. The Morgan fingerprint density at radius 2 is 2.00 bits per heavy atom. The van der Waals surface area contributed by atoms with E-state index in [1.165, 1.54) is 18.4 Å². The number of hydrogen-bond donors (Lipinski definition) is 1. The molecule has 0 spiro atoms. The van der Waals surface area contributed by atoms with Gasteiger partial charge in [-0.25, -0.2) is 0 Å². The van der Waals surface area contributed by atoms with E-state index < -0.39 is 0 Å². The summed E-state index contributed by atoms with van der Waals surface area (Å²) in [7, 11) is 3.92. The fourth-order valence-electron chi connectivity index (χ4n) is 3.56. The van der Waals surface area contributed by atoms with Crippen LogP contribution in [0.1, 0.15) is 24.4 Å². The van der Waals surface area contributed by atoms with E-state index in [1.807, 2.05) is 18.4 Å². The predicted octanol–water partition coefficient (Wildman–Crippen LogP) is 3.70. The molecule has 0 bridgehead atoms. The van der Waals surface area contributed by atoms with Crippen LogP contribution in [0.25, 0.3) is 0 Å². The largest absolute Gasteiger partial charge is 0.497 e. The molecule has 0 amide bonds. The number of anilines is 1. The second-order valence-corrected chi connectivity index (χ2v) is 7.27. The van der Waals surface area contributed by atoms with Crippen molar-refractivity contribution in [1.29, 1.82) is 0 Å². The van der Waals surface area contributed by atoms with Crippen molar-refractivity contribution in [3.63, 3.8) is 0 Å². The van der Waals surface area contributed by atoms with Gasteiger partial charge in [0.15, 0.2) is 0 Å². The molecule has 1 aromatic carbocycles. The molecule has 0 radical (unpaired) electrons. The summed E-state index contributed by atoms with van der Waals surface area (Å²) in [5, 5.41) is 12.9. The first-order valence-corrected chi connectivity index (χ1v) is 9.89. The van der Waals surface area contributed by atoms with Gasteiger partial charge in [0, 0.05) is 12.6 Å². The highest BCUT2D eigenvalue weighted by Crippen LogP contribution is 2.35. The topological polar surface area (TPSA) is 50.3 Å². The quantitative estimate of drug-likeness (QED) is 0.795. The number of nitrogens with one attached hydrogen (secondary N) is 1. The number of piperidine rings is 1. The van der Waals surface area contributed by atoms with Crippen LogP contribution in [0.2, 0.25) is 0 Å². The average molecular weight is 359 g/mol. The van der Waals surface area contributed by atoms with Gasteiger partial charge in [-0.1, -0.05) is 12.1 Å². The van der Waals surface area contributed by atoms with Gasteiger partial charge in [-0.15, -0.1) is 22.0 Å². The molecule has 134 valence electrons. The van der Waals surface area contributed by atoms with Gasteiger partial charge in [-0.2, -0.15) is 0 Å². The Morgan fingerprint density at radius 1 is 1.20 bits per heavy atom. The molecule has 3 rings (SSSR count). The molecular formula is C19H26N4OS. The van der Waals surface area contributed by atoms with E-state index in [0.29, 0.717) is 12.0 Å². The van der Waals surface area contributed by atoms with Crippen LogP contribution < -0.4 is 10.1 Å². The Hall–Kier alpha value is -1.79. The molecule has 1 fully saturated rings. The molecular weight excluding hydrogens is 332 g/mol. The van der Waals surface area contributed by atoms with Gasteiger partial charge in [0.2, 0.25) is 0 Å². The lowest BCUT2D eigenvalue weighted by Crippen LogP contribution is -2.39. The lowest BCUT2D eigenvalue weighted by Gasteiger charge is -2.39. The third kappa shape index (κ3) is 4.44. The second kappa shape index (κ2) is 8.54. The highest BCUT2D eigenvalue weighted by atomic mass is 32.2. The number of likely N-dealkylation sites (tertiary alicyclic amines) is 1. The maximum Gasteiger partial charge on any atom is 0.148 e. The fourth-order valence-corrected chi connectivity index (χ4v) is 3.89. The fraction of sp³-hybridized carbons (Fsp3) is 0.474. The molecule has 6 heteroatoms. The predicted molar refractivity (Wildman–Crippen MR) is 103 cm³/mol. The first kappa shape index (κ1) is 18.0. The number of thioether (sulfide) groups is 1. The monoisotopic (exact) mass is 358 g/mol. The number of benzene rings is 1. The van der Waals surface area contributed by atoms with Crippen molar-refractivity contribution in [2.24, 2.45) is 5.92 Å². The maximum absolute atomic E-state index is 5.29. The van der Waals surface area contributed by atoms with E-state index in [-0.39, 0.29) is 0 Å². The van der Waals surface area contributed by atoms with Crippen molar-refractivity contribution in [2.75, 3.05) is 38.8 Å². The van der Waals surface area contributed by atoms with E-state index >= 15 is 0 Å². The highest BCUT2D eigenvalue weighted by Gasteiger charge is 2.30. The molecule has 0 saturated carbocycles. The second-order valence-electron chi connectivity index (χ2n) is 6.44. The van der Waals surface area contributed by atoms with Gasteiger partial charge in [0.05, 0.1) is 7.11 Å². The summed E-state index contributed by atoms with van der Waals surface area (Å²) < 4.78 is 5.29. The lowest BCUT2D eigenvalue weighted by molar-refractivity contribution is 0.128. The van der Waals surface area contributed by atoms with Crippen molar-refractivity contribution < 1.29 is 4.74 Å². The minimum absolute atomic E-state index is 0.408. The van der Waals surface area contributed by atoms with E-state index in [1.54, 1.807) is 18.9 Å². The first-order chi connectivity index (χ1) is 12.2. The summed E-state index contributed by atoms with van der Waals surface area (Å²) in [4.78, 5) is 2.46. The summed E-state index contributed by atoms with van der Waals surface area (Å²) in [5.74, 6) is 2.29. The molecule has 2 aromatic rings. The molecule has 1 aliphatic rings. The van der Waals surface area contributed by atoms with E-state index in [9.17, 15) is 0 Å². The van der Waals surface area contributed by atoms with Crippen molar-refractivity contribution in [3.05, 3.63) is 42.0 Å². The molecule has 0 aliphatic carbocycles. The summed E-state index contributed by atoms with van der Waals surface area (Å²) in [6, 6.07) is 12.9. The van der Waals surface area contributed by atoms with Crippen LogP contribution in [0.15, 0.2) is 41.4 Å². The molecule has 2 atom stereocenters. The first-order valence-electron chi connectivity index (χ1n) is 8.67. The van der Waals surface area contributed by atoms with Gasteiger partial charge in [-0.3, -0.25) is 4.90 Å². The summed E-state index contributed by atoms with van der Waals surface area (Å²) in [6.07, 6.45) is 4.45. The third-order valence-corrected chi connectivity index (χ3v) is 5.50. The molecule has 2 unspecified atom stereocenters. The zero-order valence-corrected chi connectivity index (χ0v) is 15.9. The van der Waals surface area contributed by atoms with Crippen LogP contribution >= 0.6 is 11.8 Å². The Bertz CT molecular complexity index is 662. The van der Waals surface area contributed by atoms with Crippen molar-refractivity contribution in [1.82, 2.24) is 15.1 Å². The molecule has 5 nitrogen and oxygen atoms in total. The van der Waals surface area contributed by atoms with Crippen molar-refractivity contribution in [2.45, 2.75) is 23.9 Å². The minimum Gasteiger partial charge on any atom is -0.497 e. The van der Waals surface area contributed by atoms with E-state index in [4.69, 9.17) is 4.74 Å². The number of aromatic nitrogens is 2. The Kier molecular flexibility index (Phi) is 6.15. The number of ether oxygens (including phenoxy) is 1. The smallest absolute Gasteiger partial charge is 0.148 e. The van der Waals surface area contributed by atoms with Gasteiger partial charge in [-0.05, 0) is 68.4 Å². The van der Waals surface area contributed by atoms with Crippen LogP contribution in [0, 0.1) is 5.92 Å². The van der Waals surface area contributed by atoms with Crippen LogP contribution in [-0.2, 0) is 0 Å². The van der Waals surface area contributed by atoms with Crippen LogP contribution in [0.3, 0.4) is 0 Å². The number of methoxy groups -OCH3 is 1. The van der Waals surface area contributed by atoms with Crippen LogP contribution in [0.5, 0.6) is 5.75 Å². The van der Waals surface area contributed by atoms with E-state index in [0.717, 1.165) is 29.7 Å². The van der Waals surface area contributed by atoms with Gasteiger partial charge >= 0.3 is 0 Å². The van der Waals surface area contributed by atoms with Crippen LogP contribution in [-0.4, -0.2) is 48.6 Å². The molecule has 25 heavy (non-hydrogen) atoms. The molecule has 1 aromatic heterocycles. The Labute approximate surface area is 154 Å². The molecule has 1 aliphatic heterocycles. The average Bonchev–Trinajstić information content (AvgIpc) is 2.67. The molecule has 2 heterocycles. The lowest BCUT2D eigenvalue weighted by atomic mass is 9.85. The zero-order chi connectivity index (χ0) is 17.6. The zero-order valence-electron chi connectivity index (χ0n) is 15.1. The summed E-state index contributed by atoms with van der Waals surface area (Å²) in [6.45, 7) is 2.03. The van der Waals surface area contributed by atoms with Crippen molar-refractivity contribution >= 4 is 17.6 Å². The van der Waals surface area contributed by atoms with Gasteiger partial charge in [0.25, 0.3) is 0 Å². The SMILES string of the molecule is COc1ccc(C2C(CNc3ccc(SC)nn3)CCCN2C)cc1. The Morgan fingerprint density at radius 3 is 2.64 bits per heavy atom. The minimum atomic E-state index is 0.408. The Balaban J connectivity index is 1.70. The number of nitrogens with zero attached hydrogens (tertiary/aromatic N) is 3. The van der Waals surface area contributed by atoms with E-state index in [2.05, 4.69) is 51.7 Å². The summed E-state index contributed by atoms with van der Waals surface area (Å²) >= 11 is 1.61. The molecule has 1 N–H and O–H groups in total. The highest BCUT2D eigenvalue weighted by molar-refractivity contribution is 7.98. The summed E-state index contributed by atoms with van der Waals surface area (Å²) in [5.41, 5.74) is 1.35. The molecule has 1 saturated heterocycles. The van der Waals surface area contributed by atoms with Gasteiger partial charge < -0.3 is 10.1 Å². The third-order valence-electron chi connectivity index (χ3n) is 4.86. The van der Waals surface area contributed by atoms with Crippen molar-refractivity contribution in [3.8, 4) is 5.75 Å². The normalized spacial score (nSPS) is 21.1. The van der Waals surface area contributed by atoms with Gasteiger partial charge in [0.1, 0.15) is 16.6 Å².